The number of nitrogens with zero attached hydrogens (tertiary/aromatic N) is 2. The number of rotatable bonds is 4. The second kappa shape index (κ2) is 5.45. The second-order valence-electron chi connectivity index (χ2n) is 4.37. The molecular formula is C14H16ClN3O. The molecule has 0 atom stereocenters. The van der Waals surface area contributed by atoms with Gasteiger partial charge in [0.25, 0.3) is 0 Å². The summed E-state index contributed by atoms with van der Waals surface area (Å²) in [5.74, 6) is -0.0503. The zero-order valence-electron chi connectivity index (χ0n) is 11.0. The van der Waals surface area contributed by atoms with Crippen LogP contribution in [0.25, 0.3) is 0 Å². The first-order valence-electron chi connectivity index (χ1n) is 6.12. The van der Waals surface area contributed by atoms with Crippen LogP contribution in [0.15, 0.2) is 24.3 Å². The first kappa shape index (κ1) is 13.6. The van der Waals surface area contributed by atoms with Crippen molar-refractivity contribution in [2.45, 2.75) is 19.8 Å². The summed E-state index contributed by atoms with van der Waals surface area (Å²) in [5.41, 5.74) is 8.36. The SMILES string of the molecule is CCc1nn(C)c(CC(=O)c2ccccc2N)c1Cl. The number of para-hydroxylation sites is 1. The number of hydrogen-bond donors (Lipinski definition) is 1. The van der Waals surface area contributed by atoms with Crippen molar-refractivity contribution in [2.24, 2.45) is 7.05 Å². The topological polar surface area (TPSA) is 60.9 Å². The molecule has 0 unspecified atom stereocenters. The molecule has 0 aliphatic carbocycles. The van der Waals surface area contributed by atoms with Gasteiger partial charge in [0.1, 0.15) is 0 Å². The summed E-state index contributed by atoms with van der Waals surface area (Å²) in [5, 5.41) is 4.88. The number of nitrogen functional groups attached to an aromatic ring is 1. The zero-order chi connectivity index (χ0) is 14.0. The molecule has 0 aliphatic heterocycles. The fourth-order valence-electron chi connectivity index (χ4n) is 2.01. The molecule has 1 aromatic heterocycles. The number of aromatic nitrogens is 2. The Balaban J connectivity index is 2.30. The Morgan fingerprint density at radius 2 is 2.11 bits per heavy atom. The van der Waals surface area contributed by atoms with Crippen molar-refractivity contribution < 1.29 is 4.79 Å². The number of carbonyl (C=O) groups is 1. The summed E-state index contributed by atoms with van der Waals surface area (Å²) in [7, 11) is 1.79. The van der Waals surface area contributed by atoms with E-state index in [2.05, 4.69) is 5.10 Å². The van der Waals surface area contributed by atoms with Gasteiger partial charge >= 0.3 is 0 Å². The van der Waals surface area contributed by atoms with Gasteiger partial charge in [-0.1, -0.05) is 30.7 Å². The molecular weight excluding hydrogens is 262 g/mol. The Morgan fingerprint density at radius 3 is 2.68 bits per heavy atom. The predicted molar refractivity (Wildman–Crippen MR) is 76.5 cm³/mol. The number of Topliss-reactive ketones (excluding diaryl/α,β-unsaturated/α-hetero) is 1. The van der Waals surface area contributed by atoms with Gasteiger partial charge in [-0.25, -0.2) is 0 Å². The third kappa shape index (κ3) is 2.63. The molecule has 0 aliphatic rings. The van der Waals surface area contributed by atoms with E-state index in [0.717, 1.165) is 17.8 Å². The average Bonchev–Trinajstić information content (AvgIpc) is 2.66. The fourth-order valence-corrected chi connectivity index (χ4v) is 2.37. The fraction of sp³-hybridized carbons (Fsp3) is 0.286. The molecule has 1 aromatic carbocycles. The van der Waals surface area contributed by atoms with E-state index < -0.39 is 0 Å². The molecule has 1 heterocycles. The minimum atomic E-state index is -0.0503. The van der Waals surface area contributed by atoms with E-state index >= 15 is 0 Å². The molecule has 2 aromatic rings. The predicted octanol–water partition coefficient (Wildman–Crippen LogP) is 2.64. The van der Waals surface area contributed by atoms with Gasteiger partial charge in [0, 0.05) is 18.3 Å². The number of carbonyl (C=O) groups excluding carboxylic acids is 1. The van der Waals surface area contributed by atoms with E-state index in [0.29, 0.717) is 16.3 Å². The lowest BCUT2D eigenvalue weighted by Crippen LogP contribution is -2.10. The average molecular weight is 278 g/mol. The number of anilines is 1. The van der Waals surface area contributed by atoms with Crippen LogP contribution in [0.4, 0.5) is 5.69 Å². The maximum Gasteiger partial charge on any atom is 0.170 e. The third-order valence-electron chi connectivity index (χ3n) is 3.09. The minimum Gasteiger partial charge on any atom is -0.398 e. The van der Waals surface area contributed by atoms with Gasteiger partial charge in [0.05, 0.1) is 22.8 Å². The lowest BCUT2D eigenvalue weighted by molar-refractivity contribution is 0.0991. The molecule has 2 N–H and O–H groups in total. The Kier molecular flexibility index (Phi) is 3.90. The second-order valence-corrected chi connectivity index (χ2v) is 4.75. The molecule has 19 heavy (non-hydrogen) atoms. The summed E-state index contributed by atoms with van der Waals surface area (Å²) in [6, 6.07) is 7.04. The lowest BCUT2D eigenvalue weighted by atomic mass is 10.0. The van der Waals surface area contributed by atoms with E-state index in [1.165, 1.54) is 0 Å². The van der Waals surface area contributed by atoms with Crippen LogP contribution in [0, 0.1) is 0 Å². The maximum absolute atomic E-state index is 12.3. The van der Waals surface area contributed by atoms with Gasteiger partial charge < -0.3 is 5.73 Å². The summed E-state index contributed by atoms with van der Waals surface area (Å²) < 4.78 is 1.66. The van der Waals surface area contributed by atoms with Crippen LogP contribution in [-0.2, 0) is 19.9 Å². The highest BCUT2D eigenvalue weighted by molar-refractivity contribution is 6.32. The summed E-state index contributed by atoms with van der Waals surface area (Å²) >= 11 is 6.23. The zero-order valence-corrected chi connectivity index (χ0v) is 11.7. The minimum absolute atomic E-state index is 0.0503. The highest BCUT2D eigenvalue weighted by Crippen LogP contribution is 2.23. The largest absolute Gasteiger partial charge is 0.398 e. The van der Waals surface area contributed by atoms with Gasteiger partial charge in [-0.2, -0.15) is 5.10 Å². The van der Waals surface area contributed by atoms with Gasteiger partial charge in [-0.05, 0) is 18.6 Å². The van der Waals surface area contributed by atoms with Crippen LogP contribution in [0.1, 0.15) is 28.7 Å². The third-order valence-corrected chi connectivity index (χ3v) is 3.53. The lowest BCUT2D eigenvalue weighted by Gasteiger charge is -2.05. The van der Waals surface area contributed by atoms with Crippen LogP contribution in [-0.4, -0.2) is 15.6 Å². The summed E-state index contributed by atoms with van der Waals surface area (Å²) in [6.45, 7) is 1.98. The van der Waals surface area contributed by atoms with Crippen LogP contribution in [0.2, 0.25) is 5.02 Å². The molecule has 0 saturated heterocycles. The highest BCUT2D eigenvalue weighted by Gasteiger charge is 2.18. The first-order chi connectivity index (χ1) is 9.04. The smallest absolute Gasteiger partial charge is 0.170 e. The molecule has 0 fully saturated rings. The van der Waals surface area contributed by atoms with Crippen molar-refractivity contribution in [1.29, 1.82) is 0 Å². The maximum atomic E-state index is 12.3. The van der Waals surface area contributed by atoms with Crippen LogP contribution in [0.3, 0.4) is 0 Å². The quantitative estimate of drug-likeness (QED) is 0.690. The number of ketones is 1. The summed E-state index contributed by atoms with van der Waals surface area (Å²) in [4.78, 5) is 12.3. The van der Waals surface area contributed by atoms with E-state index in [4.69, 9.17) is 17.3 Å². The van der Waals surface area contributed by atoms with Gasteiger partial charge in [0.2, 0.25) is 0 Å². The normalized spacial score (nSPS) is 10.7. The van der Waals surface area contributed by atoms with Crippen LogP contribution >= 0.6 is 11.6 Å². The van der Waals surface area contributed by atoms with Crippen LogP contribution in [0.5, 0.6) is 0 Å². The number of halogens is 1. The Morgan fingerprint density at radius 1 is 1.42 bits per heavy atom. The number of hydrogen-bond acceptors (Lipinski definition) is 3. The molecule has 5 heteroatoms. The van der Waals surface area contributed by atoms with Gasteiger partial charge in [-0.15, -0.1) is 0 Å². The molecule has 0 radical (unpaired) electrons. The standard InChI is InChI=1S/C14H16ClN3O/c1-3-11-14(15)12(18(2)17-11)8-13(19)9-6-4-5-7-10(9)16/h4-7H,3,8,16H2,1-2H3. The Hall–Kier alpha value is -1.81. The Labute approximate surface area is 117 Å². The van der Waals surface area contributed by atoms with Crippen molar-refractivity contribution in [1.82, 2.24) is 9.78 Å². The number of benzene rings is 1. The van der Waals surface area contributed by atoms with Gasteiger partial charge in [0.15, 0.2) is 5.78 Å². The molecule has 0 bridgehead atoms. The number of nitrogens with two attached hydrogens (primary N) is 1. The first-order valence-corrected chi connectivity index (χ1v) is 6.50. The van der Waals surface area contributed by atoms with E-state index in [9.17, 15) is 4.79 Å². The van der Waals surface area contributed by atoms with Crippen molar-refractivity contribution >= 4 is 23.1 Å². The van der Waals surface area contributed by atoms with E-state index in [-0.39, 0.29) is 12.2 Å². The molecule has 100 valence electrons. The van der Waals surface area contributed by atoms with E-state index in [1.54, 1.807) is 36.0 Å². The van der Waals surface area contributed by atoms with E-state index in [1.807, 2.05) is 6.92 Å². The van der Waals surface area contributed by atoms with Gasteiger partial charge in [-0.3, -0.25) is 9.48 Å². The molecule has 2 rings (SSSR count). The van der Waals surface area contributed by atoms with Crippen molar-refractivity contribution in [3.8, 4) is 0 Å². The van der Waals surface area contributed by atoms with Crippen molar-refractivity contribution in [3.05, 3.63) is 46.2 Å². The summed E-state index contributed by atoms with van der Waals surface area (Å²) in [6.07, 6.45) is 0.949. The molecule has 0 amide bonds. The number of aryl methyl sites for hydroxylation is 2. The molecule has 0 spiro atoms. The van der Waals surface area contributed by atoms with Crippen molar-refractivity contribution in [3.63, 3.8) is 0 Å². The molecule has 0 saturated carbocycles. The highest BCUT2D eigenvalue weighted by atomic mass is 35.5. The monoisotopic (exact) mass is 277 g/mol. The van der Waals surface area contributed by atoms with Crippen LogP contribution < -0.4 is 5.73 Å². The molecule has 4 nitrogen and oxygen atoms in total. The Bertz CT molecular complexity index is 619. The van der Waals surface area contributed by atoms with Crippen molar-refractivity contribution in [2.75, 3.05) is 5.73 Å².